The number of nitrogens with one attached hydrogen (secondary N) is 1. The molecule has 0 heterocycles. The van der Waals surface area contributed by atoms with Crippen LogP contribution < -0.4 is 19.1 Å². The minimum absolute atomic E-state index is 0.0768. The van der Waals surface area contributed by atoms with E-state index in [0.29, 0.717) is 27.9 Å². The second kappa shape index (κ2) is 17.2. The molecule has 4 aromatic carbocycles. The van der Waals surface area contributed by atoms with E-state index >= 15 is 0 Å². The Morgan fingerprint density at radius 3 is 2.15 bits per heavy atom. The Morgan fingerprint density at radius 1 is 0.854 bits per heavy atom. The number of hydrogen-bond donors (Lipinski definition) is 1. The highest BCUT2D eigenvalue weighted by Gasteiger charge is 2.35. The maximum absolute atomic E-state index is 14.6. The molecule has 0 aliphatic carbocycles. The molecule has 0 aliphatic heterocycles. The van der Waals surface area contributed by atoms with Gasteiger partial charge in [0.15, 0.2) is 11.5 Å². The highest BCUT2D eigenvalue weighted by molar-refractivity contribution is 7.92. The van der Waals surface area contributed by atoms with Gasteiger partial charge in [-0.25, -0.2) is 8.42 Å². The summed E-state index contributed by atoms with van der Waals surface area (Å²) in [6.07, 6.45) is 1.81. The highest BCUT2D eigenvalue weighted by atomic mass is 35.5. The third-order valence-corrected chi connectivity index (χ3v) is 10.1. The van der Waals surface area contributed by atoms with Crippen molar-refractivity contribution in [2.75, 3.05) is 31.6 Å². The number of rotatable bonds is 16. The summed E-state index contributed by atoms with van der Waals surface area (Å²) in [5.74, 6) is -0.411. The van der Waals surface area contributed by atoms with Gasteiger partial charge in [0, 0.05) is 35.6 Å². The average Bonchev–Trinajstić information content (AvgIpc) is 3.09. The molecule has 1 atom stereocenters. The summed E-state index contributed by atoms with van der Waals surface area (Å²) in [4.78, 5) is 29.8. The molecular weight excluding hydrogens is 673 g/mol. The number of sulfonamides is 1. The summed E-state index contributed by atoms with van der Waals surface area (Å²) in [5, 5.41) is 3.69. The van der Waals surface area contributed by atoms with Crippen LogP contribution in [0.5, 0.6) is 11.5 Å². The molecule has 0 bridgehead atoms. The third-order valence-electron chi connectivity index (χ3n) is 7.72. The van der Waals surface area contributed by atoms with E-state index in [1.807, 2.05) is 37.3 Å². The quantitative estimate of drug-likeness (QED) is 0.129. The van der Waals surface area contributed by atoms with Crippen LogP contribution in [-0.2, 0) is 32.6 Å². The SMILES string of the molecule is CCCCNC(=O)[C@H](Cc1ccccc1)N(Cc1ccc(Cl)cc1Cl)C(=O)CN(c1ccccc1)S(=O)(=O)c1ccc(OC)c(OC)c1. The smallest absolute Gasteiger partial charge is 0.264 e. The Hall–Kier alpha value is -4.25. The molecule has 48 heavy (non-hydrogen) atoms. The van der Waals surface area contributed by atoms with Crippen molar-refractivity contribution in [3.05, 3.63) is 118 Å². The number of unbranched alkanes of at least 4 members (excludes halogenated alkanes) is 1. The minimum Gasteiger partial charge on any atom is -0.493 e. The standard InChI is InChI=1S/C36H39Cl2N3O6S/c1-4-5-20-39-36(43)32(21-26-12-8-6-9-13-26)40(24-27-16-17-28(37)22-31(27)38)35(42)25-41(29-14-10-7-11-15-29)48(44,45)30-18-19-33(46-2)34(23-30)47-3/h6-19,22-23,32H,4-5,20-21,24-25H2,1-3H3,(H,39,43)/t32-/m0/s1. The van der Waals surface area contributed by atoms with Crippen molar-refractivity contribution in [3.8, 4) is 11.5 Å². The Kier molecular flexibility index (Phi) is 13.1. The fourth-order valence-electron chi connectivity index (χ4n) is 5.12. The Bertz CT molecular complexity index is 1790. The molecule has 0 spiro atoms. The van der Waals surface area contributed by atoms with Crippen LogP contribution in [-0.4, -0.2) is 58.5 Å². The summed E-state index contributed by atoms with van der Waals surface area (Å²) < 4.78 is 40.3. The fourth-order valence-corrected chi connectivity index (χ4v) is 7.02. The van der Waals surface area contributed by atoms with E-state index in [0.717, 1.165) is 22.7 Å². The predicted molar refractivity (Wildman–Crippen MR) is 189 cm³/mol. The van der Waals surface area contributed by atoms with Crippen molar-refractivity contribution in [2.24, 2.45) is 0 Å². The lowest BCUT2D eigenvalue weighted by Gasteiger charge is -2.34. The zero-order valence-electron chi connectivity index (χ0n) is 27.1. The Morgan fingerprint density at radius 2 is 1.52 bits per heavy atom. The third kappa shape index (κ3) is 9.21. The van der Waals surface area contributed by atoms with Gasteiger partial charge in [-0.3, -0.25) is 13.9 Å². The van der Waals surface area contributed by atoms with E-state index in [-0.39, 0.29) is 35.2 Å². The van der Waals surface area contributed by atoms with Gasteiger partial charge in [-0.15, -0.1) is 0 Å². The summed E-state index contributed by atoms with van der Waals surface area (Å²) in [7, 11) is -1.48. The van der Waals surface area contributed by atoms with Crippen LogP contribution in [0.1, 0.15) is 30.9 Å². The van der Waals surface area contributed by atoms with Gasteiger partial charge in [0.2, 0.25) is 11.8 Å². The molecule has 0 saturated heterocycles. The average molecular weight is 713 g/mol. The zero-order valence-corrected chi connectivity index (χ0v) is 29.4. The second-order valence-corrected chi connectivity index (χ2v) is 13.7. The Balaban J connectivity index is 1.81. The lowest BCUT2D eigenvalue weighted by atomic mass is 10.0. The van der Waals surface area contributed by atoms with Gasteiger partial charge in [0.25, 0.3) is 10.0 Å². The largest absolute Gasteiger partial charge is 0.493 e. The van der Waals surface area contributed by atoms with E-state index < -0.39 is 28.5 Å². The van der Waals surface area contributed by atoms with Crippen LogP contribution in [0.3, 0.4) is 0 Å². The van der Waals surface area contributed by atoms with Crippen molar-refractivity contribution in [3.63, 3.8) is 0 Å². The van der Waals surface area contributed by atoms with Crippen molar-refractivity contribution in [1.29, 1.82) is 0 Å². The molecule has 0 unspecified atom stereocenters. The molecule has 254 valence electrons. The van der Waals surface area contributed by atoms with E-state index in [9.17, 15) is 18.0 Å². The lowest BCUT2D eigenvalue weighted by Crippen LogP contribution is -2.53. The number of amides is 2. The van der Waals surface area contributed by atoms with Crippen molar-refractivity contribution >= 4 is 50.7 Å². The maximum Gasteiger partial charge on any atom is 0.264 e. The molecule has 0 radical (unpaired) electrons. The van der Waals surface area contributed by atoms with Crippen LogP contribution in [0.15, 0.2) is 102 Å². The summed E-state index contributed by atoms with van der Waals surface area (Å²) in [6, 6.07) is 25.8. The summed E-state index contributed by atoms with van der Waals surface area (Å²) >= 11 is 12.8. The van der Waals surface area contributed by atoms with Crippen LogP contribution in [0.4, 0.5) is 5.69 Å². The number of benzene rings is 4. The van der Waals surface area contributed by atoms with Gasteiger partial charge >= 0.3 is 0 Å². The predicted octanol–water partition coefficient (Wildman–Crippen LogP) is 6.76. The maximum atomic E-state index is 14.6. The molecule has 9 nitrogen and oxygen atoms in total. The first kappa shape index (κ1) is 36.6. The van der Waals surface area contributed by atoms with Crippen LogP contribution in [0, 0.1) is 0 Å². The van der Waals surface area contributed by atoms with Crippen molar-refractivity contribution < 1.29 is 27.5 Å². The number of carbonyl (C=O) groups is 2. The number of nitrogens with zero attached hydrogens (tertiary/aromatic N) is 2. The Labute approximate surface area is 292 Å². The molecule has 4 aromatic rings. The van der Waals surface area contributed by atoms with Gasteiger partial charge in [-0.1, -0.05) is 91.1 Å². The van der Waals surface area contributed by atoms with Crippen LogP contribution >= 0.6 is 23.2 Å². The molecule has 0 aliphatic rings. The number of hydrogen-bond acceptors (Lipinski definition) is 6. The first-order valence-electron chi connectivity index (χ1n) is 15.4. The monoisotopic (exact) mass is 711 g/mol. The van der Waals surface area contributed by atoms with E-state index in [1.54, 1.807) is 48.5 Å². The van der Waals surface area contributed by atoms with Crippen molar-refractivity contribution in [2.45, 2.75) is 43.7 Å². The number of ether oxygens (including phenoxy) is 2. The molecular formula is C36H39Cl2N3O6S. The number of para-hydroxylation sites is 1. The molecule has 0 aromatic heterocycles. The molecule has 0 fully saturated rings. The van der Waals surface area contributed by atoms with E-state index in [4.69, 9.17) is 32.7 Å². The van der Waals surface area contributed by atoms with Crippen LogP contribution in [0.25, 0.3) is 0 Å². The number of anilines is 1. The number of methoxy groups -OCH3 is 2. The van der Waals surface area contributed by atoms with E-state index in [2.05, 4.69) is 5.32 Å². The normalized spacial score (nSPS) is 11.8. The molecule has 2 amide bonds. The van der Waals surface area contributed by atoms with Crippen LogP contribution in [0.2, 0.25) is 10.0 Å². The lowest BCUT2D eigenvalue weighted by molar-refractivity contribution is -0.140. The second-order valence-electron chi connectivity index (χ2n) is 11.0. The summed E-state index contributed by atoms with van der Waals surface area (Å²) in [5.41, 5.74) is 1.63. The topological polar surface area (TPSA) is 105 Å². The number of carbonyl (C=O) groups excluding carboxylic acids is 2. The van der Waals surface area contributed by atoms with Gasteiger partial charge in [0.1, 0.15) is 12.6 Å². The minimum atomic E-state index is -4.34. The van der Waals surface area contributed by atoms with Crippen molar-refractivity contribution in [1.82, 2.24) is 10.2 Å². The van der Waals surface area contributed by atoms with Gasteiger partial charge in [-0.2, -0.15) is 0 Å². The fraction of sp³-hybridized carbons (Fsp3) is 0.278. The van der Waals surface area contributed by atoms with E-state index in [1.165, 1.54) is 37.3 Å². The zero-order chi connectivity index (χ0) is 34.7. The van der Waals surface area contributed by atoms with Gasteiger partial charge in [0.05, 0.1) is 24.8 Å². The van der Waals surface area contributed by atoms with Gasteiger partial charge in [-0.05, 0) is 53.9 Å². The van der Waals surface area contributed by atoms with Gasteiger partial charge < -0.3 is 19.7 Å². The molecule has 4 rings (SSSR count). The molecule has 1 N–H and O–H groups in total. The molecule has 12 heteroatoms. The first-order valence-corrected chi connectivity index (χ1v) is 17.6. The molecule has 0 saturated carbocycles. The highest BCUT2D eigenvalue weighted by Crippen LogP contribution is 2.33. The number of halogens is 2. The summed E-state index contributed by atoms with van der Waals surface area (Å²) in [6.45, 7) is 1.75. The first-order chi connectivity index (χ1) is 23.1.